The molecule has 0 fully saturated rings. The molecule has 1 aromatic carbocycles. The molecule has 0 spiro atoms. The van der Waals surface area contributed by atoms with Gasteiger partial charge in [-0.15, -0.1) is 0 Å². The quantitative estimate of drug-likeness (QED) is 0.545. The fourth-order valence-electron chi connectivity index (χ4n) is 1.70. The van der Waals surface area contributed by atoms with Gasteiger partial charge in [-0.05, 0) is 30.5 Å². The van der Waals surface area contributed by atoms with Gasteiger partial charge >= 0.3 is 0 Å². The molecule has 1 rings (SSSR count). The van der Waals surface area contributed by atoms with E-state index >= 15 is 0 Å². The van der Waals surface area contributed by atoms with E-state index < -0.39 is 5.40 Å². The zero-order valence-corrected chi connectivity index (χ0v) is 9.79. The van der Waals surface area contributed by atoms with Crippen molar-refractivity contribution in [2.24, 2.45) is 0 Å². The van der Waals surface area contributed by atoms with Gasteiger partial charge in [0.25, 0.3) is 0 Å². The Bertz CT molecular complexity index is 381. The highest BCUT2D eigenvalue weighted by Crippen LogP contribution is 2.21. The van der Waals surface area contributed by atoms with Gasteiger partial charge in [-0.1, -0.05) is 19.1 Å². The van der Waals surface area contributed by atoms with Crippen molar-refractivity contribution in [3.63, 3.8) is 0 Å². The molecule has 15 heavy (non-hydrogen) atoms. The molecular weight excluding hydrogens is 186 g/mol. The lowest BCUT2D eigenvalue weighted by Gasteiger charge is -2.22. The van der Waals surface area contributed by atoms with E-state index in [-0.39, 0.29) is 5.78 Å². The molecule has 2 nitrogen and oxygen atoms in total. The van der Waals surface area contributed by atoms with E-state index in [1.54, 1.807) is 28.7 Å². The Balaban J connectivity index is 3.27. The smallest absolute Gasteiger partial charge is 0.159 e. The van der Waals surface area contributed by atoms with Crippen LogP contribution < -0.4 is 0 Å². The van der Waals surface area contributed by atoms with Crippen LogP contribution >= 0.6 is 0 Å². The minimum absolute atomic E-state index is 0.0620. The van der Waals surface area contributed by atoms with Crippen molar-refractivity contribution in [1.82, 2.24) is 0 Å². The monoisotopic (exact) mass is 202 g/mol. The van der Waals surface area contributed by atoms with E-state index in [0.29, 0.717) is 5.56 Å². The van der Waals surface area contributed by atoms with Crippen molar-refractivity contribution in [3.05, 3.63) is 34.9 Å². The van der Waals surface area contributed by atoms with E-state index in [1.807, 2.05) is 19.1 Å². The molecule has 0 radical (unpaired) electrons. The lowest BCUT2D eigenvalue weighted by molar-refractivity contribution is 0.101. The van der Waals surface area contributed by atoms with Gasteiger partial charge in [0.2, 0.25) is 0 Å². The van der Waals surface area contributed by atoms with Crippen LogP contribution in [0.4, 0.5) is 0 Å². The molecule has 0 unspecified atom stereocenters. The van der Waals surface area contributed by atoms with Gasteiger partial charge in [0.15, 0.2) is 5.78 Å². The number of carbonyl (C=O) groups excluding carboxylic acids is 1. The zero-order valence-electron chi connectivity index (χ0n) is 9.79. The fourth-order valence-corrected chi connectivity index (χ4v) is 1.70. The number of ketones is 1. The summed E-state index contributed by atoms with van der Waals surface area (Å²) >= 11 is 0. The summed E-state index contributed by atoms with van der Waals surface area (Å²) in [5.74, 6) is 0.0620. The molecule has 0 aliphatic rings. The highest BCUT2D eigenvalue weighted by atomic mass is 16.3. The maximum absolute atomic E-state index is 11.2. The summed E-state index contributed by atoms with van der Waals surface area (Å²) < 4.78 is 0. The molecule has 4 heteroatoms. The summed E-state index contributed by atoms with van der Waals surface area (Å²) in [5, 5.41) is 9.10. The first-order valence-corrected chi connectivity index (χ1v) is 5.23. The minimum Gasteiger partial charge on any atom is -0.403 e. The van der Waals surface area contributed by atoms with Crippen LogP contribution in [-0.2, 0) is 11.8 Å². The van der Waals surface area contributed by atoms with Crippen LogP contribution in [0.15, 0.2) is 18.2 Å². The van der Waals surface area contributed by atoms with E-state index in [1.165, 1.54) is 0 Å². The highest BCUT2D eigenvalue weighted by molar-refractivity contribution is 6.38. The van der Waals surface area contributed by atoms with Gasteiger partial charge in [0.05, 0.1) is 0 Å². The van der Waals surface area contributed by atoms with Gasteiger partial charge in [0, 0.05) is 11.0 Å². The van der Waals surface area contributed by atoms with Gasteiger partial charge in [-0.3, -0.25) is 4.79 Å². The second-order valence-corrected chi connectivity index (χ2v) is 4.34. The van der Waals surface area contributed by atoms with Crippen LogP contribution in [0.2, 0.25) is 0 Å². The summed E-state index contributed by atoms with van der Waals surface area (Å²) in [5.41, 5.74) is 2.64. The lowest BCUT2D eigenvalue weighted by Crippen LogP contribution is -2.27. The summed E-state index contributed by atoms with van der Waals surface area (Å²) in [4.78, 5) is 11.2. The van der Waals surface area contributed by atoms with Gasteiger partial charge in [0.1, 0.15) is 15.7 Å². The Morgan fingerprint density at radius 2 is 2.07 bits per heavy atom. The maximum Gasteiger partial charge on any atom is 0.159 e. The minimum atomic E-state index is -0.847. The third-order valence-corrected chi connectivity index (χ3v) is 2.55. The topological polar surface area (TPSA) is 37.3 Å². The lowest BCUT2D eigenvalue weighted by atomic mass is 9.60. The molecule has 0 bridgehead atoms. The van der Waals surface area contributed by atoms with Crippen LogP contribution in [0.25, 0.3) is 0 Å². The molecule has 0 saturated heterocycles. The molecule has 78 valence electrons. The Kier molecular flexibility index (Phi) is 3.40. The van der Waals surface area contributed by atoms with Crippen LogP contribution in [0.5, 0.6) is 0 Å². The van der Waals surface area contributed by atoms with Gasteiger partial charge in [-0.25, -0.2) is 0 Å². The maximum atomic E-state index is 11.2. The highest BCUT2D eigenvalue weighted by Gasteiger charge is 2.19. The van der Waals surface area contributed by atoms with Crippen LogP contribution in [0, 0.1) is 0 Å². The molecule has 0 amide bonds. The molecule has 0 aliphatic carbocycles. The number of Topliss-reactive ketones (excluding diaryl/α,β-unsaturated/α-hetero) is 1. The number of hydrogen-bond acceptors (Lipinski definition) is 2. The second kappa shape index (κ2) is 4.23. The SMILES string of the molecule is BC(B)(O)c1ccc(C(C)=O)cc1CC. The summed E-state index contributed by atoms with van der Waals surface area (Å²) in [6.45, 7) is 3.58. The van der Waals surface area contributed by atoms with Crippen molar-refractivity contribution in [1.29, 1.82) is 0 Å². The molecule has 0 heterocycles. The molecule has 0 saturated carbocycles. The summed E-state index contributed by atoms with van der Waals surface area (Å²) in [6, 6.07) is 5.49. The molecule has 0 atom stereocenters. The average Bonchev–Trinajstić information content (AvgIpc) is 2.15. The third-order valence-electron chi connectivity index (χ3n) is 2.55. The van der Waals surface area contributed by atoms with Crippen LogP contribution in [-0.4, -0.2) is 26.6 Å². The Morgan fingerprint density at radius 3 is 2.47 bits per heavy atom. The third kappa shape index (κ3) is 2.72. The Labute approximate surface area is 92.5 Å². The van der Waals surface area contributed by atoms with Crippen LogP contribution in [0.3, 0.4) is 0 Å². The molecule has 1 N–H and O–H groups in total. The van der Waals surface area contributed by atoms with Crippen molar-refractivity contribution >= 4 is 21.5 Å². The predicted molar refractivity (Wildman–Crippen MR) is 66.8 cm³/mol. The molecular formula is C11H16B2O2. The number of benzene rings is 1. The number of aryl methyl sites for hydroxylation is 1. The van der Waals surface area contributed by atoms with Crippen molar-refractivity contribution in [2.75, 3.05) is 0 Å². The Hall–Kier alpha value is -1.02. The van der Waals surface area contributed by atoms with Crippen LogP contribution in [0.1, 0.15) is 35.3 Å². The molecule has 0 aromatic heterocycles. The van der Waals surface area contributed by atoms with Crippen molar-refractivity contribution in [2.45, 2.75) is 25.7 Å². The predicted octanol–water partition coefficient (Wildman–Crippen LogP) is -0.180. The van der Waals surface area contributed by atoms with Gasteiger partial charge in [-0.2, -0.15) is 0 Å². The molecule has 0 aliphatic heterocycles. The average molecular weight is 202 g/mol. The number of carbonyl (C=O) groups is 1. The van der Waals surface area contributed by atoms with E-state index in [4.69, 9.17) is 0 Å². The fraction of sp³-hybridized carbons (Fsp3) is 0.364. The number of aliphatic hydroxyl groups is 1. The molecule has 1 aromatic rings. The number of hydrogen-bond donors (Lipinski definition) is 1. The van der Waals surface area contributed by atoms with Gasteiger partial charge < -0.3 is 5.11 Å². The summed E-state index contributed by atoms with van der Waals surface area (Å²) in [7, 11) is 3.52. The van der Waals surface area contributed by atoms with Crippen molar-refractivity contribution in [3.8, 4) is 0 Å². The second-order valence-electron chi connectivity index (χ2n) is 4.34. The zero-order chi connectivity index (χ0) is 11.6. The standard InChI is InChI=1S/C11H16B2O2/c1-3-8-6-9(7(2)14)4-5-10(8)11(12,13)15/h4-6,15H,3,12-13H2,1-2H3. The Morgan fingerprint density at radius 1 is 1.47 bits per heavy atom. The first kappa shape index (κ1) is 12.1. The first-order chi connectivity index (χ1) is 6.86. The van der Waals surface area contributed by atoms with E-state index in [0.717, 1.165) is 17.5 Å². The largest absolute Gasteiger partial charge is 0.403 e. The van der Waals surface area contributed by atoms with Crippen molar-refractivity contribution < 1.29 is 9.90 Å². The first-order valence-electron chi connectivity index (χ1n) is 5.23. The van der Waals surface area contributed by atoms with E-state index in [2.05, 4.69) is 0 Å². The number of rotatable bonds is 3. The normalized spacial score (nSPS) is 11.4. The summed E-state index contributed by atoms with van der Waals surface area (Å²) in [6.07, 6.45) is 0.820. The van der Waals surface area contributed by atoms with E-state index in [9.17, 15) is 9.90 Å².